The highest BCUT2D eigenvalue weighted by molar-refractivity contribution is 7.98. The number of nitrogens with one attached hydrogen (secondary N) is 2. The van der Waals surface area contributed by atoms with Crippen molar-refractivity contribution in [3.8, 4) is 0 Å². The lowest BCUT2D eigenvalue weighted by Gasteiger charge is -2.35. The zero-order valence-electron chi connectivity index (χ0n) is 20.9. The van der Waals surface area contributed by atoms with Crippen LogP contribution in [0.4, 0.5) is 4.79 Å². The Hall–Kier alpha value is -2.48. The summed E-state index contributed by atoms with van der Waals surface area (Å²) >= 11 is 1.57. The van der Waals surface area contributed by atoms with Gasteiger partial charge in [0.2, 0.25) is 11.8 Å². The molecule has 1 aromatic rings. The topological polar surface area (TPSA) is 87.7 Å². The van der Waals surface area contributed by atoms with E-state index < -0.39 is 29.3 Å². The smallest absolute Gasteiger partial charge is 0.408 e. The zero-order chi connectivity index (χ0) is 25.2. The van der Waals surface area contributed by atoms with Crippen LogP contribution in [-0.2, 0) is 14.3 Å². The number of carbonyl (C=O) groups excluding carboxylic acids is 3. The molecule has 1 aromatic carbocycles. The molecule has 7 nitrogen and oxygen atoms in total. The predicted octanol–water partition coefficient (Wildman–Crippen LogP) is 4.30. The summed E-state index contributed by atoms with van der Waals surface area (Å²) in [6, 6.07) is 7.41. The molecule has 0 fully saturated rings. The van der Waals surface area contributed by atoms with Gasteiger partial charge in [-0.15, -0.1) is 6.58 Å². The molecule has 3 amide bonds. The fraction of sp³-hybridized carbons (Fsp3) is 0.560. The van der Waals surface area contributed by atoms with Crippen LogP contribution in [0.25, 0.3) is 0 Å². The lowest BCUT2D eigenvalue weighted by Crippen LogP contribution is -2.54. The molecule has 0 aliphatic carbocycles. The van der Waals surface area contributed by atoms with E-state index >= 15 is 0 Å². The van der Waals surface area contributed by atoms with Crippen molar-refractivity contribution in [3.05, 3.63) is 48.6 Å². The van der Waals surface area contributed by atoms with E-state index in [1.807, 2.05) is 57.4 Å². The molecule has 184 valence electrons. The minimum atomic E-state index is -0.881. The highest BCUT2D eigenvalue weighted by Crippen LogP contribution is 2.24. The third-order valence-electron chi connectivity index (χ3n) is 4.38. The first-order chi connectivity index (χ1) is 15.3. The van der Waals surface area contributed by atoms with E-state index in [2.05, 4.69) is 17.2 Å². The van der Waals surface area contributed by atoms with Crippen LogP contribution in [0.3, 0.4) is 0 Å². The third kappa shape index (κ3) is 10.3. The van der Waals surface area contributed by atoms with Gasteiger partial charge in [-0.25, -0.2) is 4.79 Å². The maximum absolute atomic E-state index is 13.7. The monoisotopic (exact) mass is 477 g/mol. The molecular weight excluding hydrogens is 438 g/mol. The van der Waals surface area contributed by atoms with E-state index in [4.69, 9.17) is 4.74 Å². The molecule has 0 saturated heterocycles. The van der Waals surface area contributed by atoms with Gasteiger partial charge >= 0.3 is 6.09 Å². The summed E-state index contributed by atoms with van der Waals surface area (Å²) in [4.78, 5) is 41.0. The number of rotatable bonds is 10. The summed E-state index contributed by atoms with van der Waals surface area (Å²) in [6.07, 6.45) is 3.24. The largest absolute Gasteiger partial charge is 0.444 e. The van der Waals surface area contributed by atoms with Crippen molar-refractivity contribution >= 4 is 29.7 Å². The van der Waals surface area contributed by atoms with Crippen LogP contribution in [0, 0.1) is 0 Å². The average molecular weight is 478 g/mol. The van der Waals surface area contributed by atoms with E-state index in [0.717, 1.165) is 0 Å². The summed E-state index contributed by atoms with van der Waals surface area (Å²) in [5.74, 6) is -0.0179. The van der Waals surface area contributed by atoms with Gasteiger partial charge in [0.25, 0.3) is 0 Å². The van der Waals surface area contributed by atoms with E-state index in [9.17, 15) is 14.4 Å². The Morgan fingerprint density at radius 2 is 1.73 bits per heavy atom. The molecule has 0 radical (unpaired) electrons. The van der Waals surface area contributed by atoms with Crippen LogP contribution in [0.15, 0.2) is 43.0 Å². The molecule has 0 saturated carbocycles. The van der Waals surface area contributed by atoms with Crippen molar-refractivity contribution in [3.63, 3.8) is 0 Å². The summed E-state index contributed by atoms with van der Waals surface area (Å²) in [7, 11) is 0. The number of thioether (sulfide) groups is 1. The van der Waals surface area contributed by atoms with Gasteiger partial charge in [-0.3, -0.25) is 9.59 Å². The standard InChI is InChI=1S/C25H39N3O4S/c1-9-16-28(20(18-13-11-10-12-14-18)21(29)27-24(2,3)4)22(30)19(15-17-33-8)26-23(31)32-25(5,6)7/h9-14,19-20H,1,15-17H2,2-8H3,(H,26,31)(H,27,29). The van der Waals surface area contributed by atoms with E-state index in [-0.39, 0.29) is 18.4 Å². The molecule has 0 aromatic heterocycles. The van der Waals surface area contributed by atoms with Crippen molar-refractivity contribution in [1.82, 2.24) is 15.5 Å². The van der Waals surface area contributed by atoms with Gasteiger partial charge in [-0.05, 0) is 65.5 Å². The number of benzene rings is 1. The highest BCUT2D eigenvalue weighted by Gasteiger charge is 2.36. The van der Waals surface area contributed by atoms with Crippen LogP contribution in [0.2, 0.25) is 0 Å². The van der Waals surface area contributed by atoms with Crippen molar-refractivity contribution < 1.29 is 19.1 Å². The molecule has 0 aliphatic rings. The maximum atomic E-state index is 13.7. The van der Waals surface area contributed by atoms with Crippen LogP contribution < -0.4 is 10.6 Å². The van der Waals surface area contributed by atoms with E-state index in [0.29, 0.717) is 17.7 Å². The molecule has 1 rings (SSSR count). The van der Waals surface area contributed by atoms with Crippen LogP contribution in [-0.4, -0.2) is 58.5 Å². The predicted molar refractivity (Wildman–Crippen MR) is 135 cm³/mol. The molecule has 33 heavy (non-hydrogen) atoms. The fourth-order valence-corrected chi connectivity index (χ4v) is 3.62. The Labute approximate surface area is 202 Å². The number of alkyl carbamates (subject to hydrolysis) is 1. The average Bonchev–Trinajstić information content (AvgIpc) is 2.68. The maximum Gasteiger partial charge on any atom is 0.408 e. The second-order valence-electron chi connectivity index (χ2n) is 9.81. The molecule has 2 unspecified atom stereocenters. The summed E-state index contributed by atoms with van der Waals surface area (Å²) in [5, 5.41) is 5.69. The Morgan fingerprint density at radius 3 is 2.21 bits per heavy atom. The molecule has 2 atom stereocenters. The summed E-state index contributed by atoms with van der Waals surface area (Å²) in [5.41, 5.74) is -0.507. The Bertz CT molecular complexity index is 800. The lowest BCUT2D eigenvalue weighted by atomic mass is 10.0. The Balaban J connectivity index is 3.36. The second kappa shape index (κ2) is 12.7. The molecule has 8 heteroatoms. The van der Waals surface area contributed by atoms with Crippen LogP contribution in [0.5, 0.6) is 0 Å². The van der Waals surface area contributed by atoms with Gasteiger partial charge in [-0.1, -0.05) is 36.4 Å². The number of hydrogen-bond acceptors (Lipinski definition) is 5. The summed E-state index contributed by atoms with van der Waals surface area (Å²) in [6.45, 7) is 14.9. The SMILES string of the molecule is C=CCN(C(=O)C(CCSC)NC(=O)OC(C)(C)C)C(C(=O)NC(C)(C)C)c1ccccc1. The summed E-state index contributed by atoms with van der Waals surface area (Å²) < 4.78 is 5.37. The first kappa shape index (κ1) is 28.6. The molecule has 2 N–H and O–H groups in total. The molecule has 0 aliphatic heterocycles. The fourth-order valence-electron chi connectivity index (χ4n) is 3.15. The molecule has 0 spiro atoms. The van der Waals surface area contributed by atoms with Gasteiger partial charge in [-0.2, -0.15) is 11.8 Å². The Morgan fingerprint density at radius 1 is 1.12 bits per heavy atom. The van der Waals surface area contributed by atoms with Gasteiger partial charge in [0.05, 0.1) is 0 Å². The van der Waals surface area contributed by atoms with Gasteiger partial charge < -0.3 is 20.3 Å². The quantitative estimate of drug-likeness (QED) is 0.491. The number of amides is 3. The zero-order valence-corrected chi connectivity index (χ0v) is 21.8. The highest BCUT2D eigenvalue weighted by atomic mass is 32.2. The van der Waals surface area contributed by atoms with E-state index in [1.165, 1.54) is 4.90 Å². The van der Waals surface area contributed by atoms with Gasteiger partial charge in [0.15, 0.2) is 0 Å². The van der Waals surface area contributed by atoms with Crippen LogP contribution >= 0.6 is 11.8 Å². The van der Waals surface area contributed by atoms with Crippen molar-refractivity contribution in [2.45, 2.75) is 71.2 Å². The number of ether oxygens (including phenoxy) is 1. The Kier molecular flexibility index (Phi) is 11.0. The molecular formula is C25H39N3O4S. The normalized spacial score (nSPS) is 13.4. The van der Waals surface area contributed by atoms with E-state index in [1.54, 1.807) is 38.6 Å². The van der Waals surface area contributed by atoms with Crippen molar-refractivity contribution in [2.24, 2.45) is 0 Å². The second-order valence-corrected chi connectivity index (χ2v) is 10.8. The minimum Gasteiger partial charge on any atom is -0.444 e. The number of carbonyl (C=O) groups is 3. The first-order valence-corrected chi connectivity index (χ1v) is 12.4. The number of nitrogens with zero attached hydrogens (tertiary/aromatic N) is 1. The molecule has 0 bridgehead atoms. The van der Waals surface area contributed by atoms with Gasteiger partial charge in [0.1, 0.15) is 17.7 Å². The first-order valence-electron chi connectivity index (χ1n) is 11.1. The third-order valence-corrected chi connectivity index (χ3v) is 5.03. The van der Waals surface area contributed by atoms with Crippen molar-refractivity contribution in [2.75, 3.05) is 18.6 Å². The van der Waals surface area contributed by atoms with Crippen molar-refractivity contribution in [1.29, 1.82) is 0 Å². The lowest BCUT2D eigenvalue weighted by molar-refractivity contribution is -0.142. The number of hydrogen-bond donors (Lipinski definition) is 2. The molecule has 0 heterocycles. The van der Waals surface area contributed by atoms with Crippen LogP contribution in [0.1, 0.15) is 59.6 Å². The van der Waals surface area contributed by atoms with Gasteiger partial charge in [0, 0.05) is 12.1 Å². The minimum absolute atomic E-state index is 0.141.